The minimum Gasteiger partial charge on any atom is -0.480 e. The average Bonchev–Trinajstić information content (AvgIpc) is 4.13. The molecule has 366 valence electrons. The van der Waals surface area contributed by atoms with E-state index >= 15 is 0 Å². The lowest BCUT2D eigenvalue weighted by Gasteiger charge is -2.32. The van der Waals surface area contributed by atoms with E-state index in [1.54, 1.807) is 72.9 Å². The molecule has 69 heavy (non-hydrogen) atoms. The smallest absolute Gasteiger partial charge is 0.326 e. The molecule has 3 heterocycles. The average molecular weight is 949 g/mol. The number of carbonyl (C=O) groups is 9. The van der Waals surface area contributed by atoms with E-state index in [-0.39, 0.29) is 64.5 Å². The summed E-state index contributed by atoms with van der Waals surface area (Å²) in [7, 11) is 0. The van der Waals surface area contributed by atoms with Gasteiger partial charge in [-0.2, -0.15) is 0 Å². The summed E-state index contributed by atoms with van der Waals surface area (Å²) in [6.07, 6.45) is 2.33. The van der Waals surface area contributed by atoms with Gasteiger partial charge < -0.3 is 58.4 Å². The van der Waals surface area contributed by atoms with Crippen LogP contribution < -0.4 is 38.5 Å². The molecule has 0 radical (unpaired) electrons. The molecule has 1 aromatic heterocycles. The van der Waals surface area contributed by atoms with Gasteiger partial charge in [0.1, 0.15) is 36.3 Å². The molecule has 20 nitrogen and oxygen atoms in total. The maximum absolute atomic E-state index is 14.7. The third-order valence-corrected chi connectivity index (χ3v) is 12.5. The highest BCUT2D eigenvalue weighted by Gasteiger charge is 2.44. The highest BCUT2D eigenvalue weighted by molar-refractivity contribution is 5.98. The SMILES string of the molecule is NC(=O)CC[C@H](NC(=O)[C@H](Cc1c[nH]c2ccccc12)NC(=O)[C@H](Cc1ccccc1)NC(=O)[C@@H]1CCCN1C(=O)[C@@H]1CCCN1C(=O)[C@@H](N)CCC(N)=O)C(=O)N[C@@H](Cc1ccccc1)C(=O)O. The van der Waals surface area contributed by atoms with E-state index in [0.29, 0.717) is 36.0 Å². The Hall–Kier alpha value is -7.61. The molecular weight excluding hydrogens is 889 g/mol. The molecule has 2 aliphatic heterocycles. The highest BCUT2D eigenvalue weighted by Crippen LogP contribution is 2.26. The van der Waals surface area contributed by atoms with E-state index < -0.39 is 95.5 Å². The van der Waals surface area contributed by atoms with Gasteiger partial charge in [-0.3, -0.25) is 38.4 Å². The normalized spacial score (nSPS) is 17.8. The van der Waals surface area contributed by atoms with E-state index in [0.717, 1.165) is 10.9 Å². The van der Waals surface area contributed by atoms with Crippen LogP contribution in [0.2, 0.25) is 0 Å². The number of hydrogen-bond donors (Lipinski definition) is 9. The Morgan fingerprint density at radius 3 is 1.74 bits per heavy atom. The van der Waals surface area contributed by atoms with Gasteiger partial charge in [0, 0.05) is 62.3 Å². The molecule has 4 aromatic rings. The maximum atomic E-state index is 14.7. The predicted molar refractivity (Wildman–Crippen MR) is 252 cm³/mol. The molecule has 2 saturated heterocycles. The number of hydrogen-bond acceptors (Lipinski definition) is 10. The molecular formula is C49H60N10O10. The number of benzene rings is 3. The lowest BCUT2D eigenvalue weighted by Crippen LogP contribution is -2.60. The second-order valence-electron chi connectivity index (χ2n) is 17.5. The first-order valence-electron chi connectivity index (χ1n) is 23.1. The number of nitrogens with zero attached hydrogens (tertiary/aromatic N) is 2. The fraction of sp³-hybridized carbons (Fsp3) is 0.408. The van der Waals surface area contributed by atoms with Gasteiger partial charge >= 0.3 is 5.97 Å². The monoisotopic (exact) mass is 948 g/mol. The number of aromatic amines is 1. The van der Waals surface area contributed by atoms with Crippen molar-refractivity contribution < 1.29 is 48.3 Å². The van der Waals surface area contributed by atoms with E-state index in [4.69, 9.17) is 17.2 Å². The molecule has 20 heteroatoms. The molecule has 0 aliphatic carbocycles. The summed E-state index contributed by atoms with van der Waals surface area (Å²) < 4.78 is 0. The van der Waals surface area contributed by atoms with Crippen LogP contribution in [0, 0.1) is 0 Å². The molecule has 2 aliphatic rings. The summed E-state index contributed by atoms with van der Waals surface area (Å²) in [5.41, 5.74) is 19.5. The first-order valence-corrected chi connectivity index (χ1v) is 23.1. The molecule has 6 rings (SSSR count). The Morgan fingerprint density at radius 1 is 0.609 bits per heavy atom. The number of rotatable bonds is 23. The first-order chi connectivity index (χ1) is 33.1. The zero-order chi connectivity index (χ0) is 49.6. The van der Waals surface area contributed by atoms with Crippen molar-refractivity contribution in [2.24, 2.45) is 17.2 Å². The molecule has 0 unspecified atom stereocenters. The van der Waals surface area contributed by atoms with Crippen LogP contribution in [0.25, 0.3) is 10.9 Å². The van der Waals surface area contributed by atoms with Gasteiger partial charge in [-0.25, -0.2) is 4.79 Å². The number of carbonyl (C=O) groups excluding carboxylic acids is 8. The maximum Gasteiger partial charge on any atom is 0.326 e. The Kier molecular flexibility index (Phi) is 17.6. The van der Waals surface area contributed by atoms with Gasteiger partial charge in [-0.05, 0) is 61.3 Å². The van der Waals surface area contributed by atoms with E-state index in [1.165, 1.54) is 9.80 Å². The number of nitrogens with two attached hydrogens (primary N) is 3. The third kappa shape index (κ3) is 13.7. The van der Waals surface area contributed by atoms with Crippen LogP contribution in [0.1, 0.15) is 68.1 Å². The zero-order valence-corrected chi connectivity index (χ0v) is 38.1. The largest absolute Gasteiger partial charge is 0.480 e. The number of H-pyrrole nitrogens is 1. The number of primary amides is 2. The van der Waals surface area contributed by atoms with Crippen molar-refractivity contribution in [1.82, 2.24) is 36.1 Å². The summed E-state index contributed by atoms with van der Waals surface area (Å²) in [6, 6.07) is 16.2. The zero-order valence-electron chi connectivity index (χ0n) is 38.1. The van der Waals surface area contributed by atoms with Crippen molar-refractivity contribution in [3.63, 3.8) is 0 Å². The number of carboxylic acids is 1. The molecule has 2 fully saturated rings. The molecule has 12 N–H and O–H groups in total. The fourth-order valence-corrected chi connectivity index (χ4v) is 8.89. The molecule has 0 saturated carbocycles. The molecule has 3 aromatic carbocycles. The van der Waals surface area contributed by atoms with Crippen molar-refractivity contribution in [3.8, 4) is 0 Å². The Morgan fingerprint density at radius 2 is 1.12 bits per heavy atom. The fourth-order valence-electron chi connectivity index (χ4n) is 8.89. The second kappa shape index (κ2) is 23.9. The predicted octanol–water partition coefficient (Wildman–Crippen LogP) is 0.0599. The van der Waals surface area contributed by atoms with Gasteiger partial charge in [-0.1, -0.05) is 78.9 Å². The topological polar surface area (TPSA) is 322 Å². The summed E-state index contributed by atoms with van der Waals surface area (Å²) in [5.74, 6) is -6.80. The van der Waals surface area contributed by atoms with Crippen molar-refractivity contribution in [2.45, 2.75) is 113 Å². The number of nitrogens with one attached hydrogen (secondary N) is 5. The standard InChI is InChI=1S/C49H60N10O10/c50-33(19-21-41(51)60)47(66)59-24-10-18-40(59)48(67)58-23-9-17-39(58)46(65)56-36(25-29-11-3-1-4-12-29)44(63)55-37(27-31-28-53-34-16-8-7-15-32(31)34)45(64)54-35(20-22-42(52)61)43(62)57-38(49(68)69)26-30-13-5-2-6-14-30/h1-8,11-16,28,33,35-40,53H,9-10,17-27,50H2,(H2,51,60)(H2,52,61)(H,54,64)(H,55,63)(H,56,65)(H,57,62)(H,68,69)/t33-,35-,36-,37-,38-,39-,40-/m0/s1. The van der Waals surface area contributed by atoms with Crippen LogP contribution in [0.4, 0.5) is 0 Å². The van der Waals surface area contributed by atoms with E-state index in [2.05, 4.69) is 26.3 Å². The Balaban J connectivity index is 1.24. The van der Waals surface area contributed by atoms with Crippen molar-refractivity contribution >= 4 is 64.1 Å². The van der Waals surface area contributed by atoms with Crippen LogP contribution in [0.3, 0.4) is 0 Å². The lowest BCUT2D eigenvalue weighted by atomic mass is 10.0. The van der Waals surface area contributed by atoms with E-state index in [1.807, 2.05) is 18.2 Å². The van der Waals surface area contributed by atoms with Crippen LogP contribution in [-0.2, 0) is 62.4 Å². The van der Waals surface area contributed by atoms with Gasteiger partial charge in [0.2, 0.25) is 47.3 Å². The van der Waals surface area contributed by atoms with Gasteiger partial charge in [0.05, 0.1) is 6.04 Å². The number of carboxylic acid groups (broad SMARTS) is 1. The minimum absolute atomic E-state index is 0.0170. The van der Waals surface area contributed by atoms with Crippen LogP contribution >= 0.6 is 0 Å². The Labute approximate surface area is 398 Å². The van der Waals surface area contributed by atoms with Crippen molar-refractivity contribution in [2.75, 3.05) is 13.1 Å². The highest BCUT2D eigenvalue weighted by atomic mass is 16.4. The van der Waals surface area contributed by atoms with Crippen LogP contribution in [-0.4, -0.2) is 128 Å². The lowest BCUT2D eigenvalue weighted by molar-refractivity contribution is -0.147. The molecule has 0 spiro atoms. The number of amides is 8. The number of likely N-dealkylation sites (tertiary alicyclic amines) is 2. The summed E-state index contributed by atoms with van der Waals surface area (Å²) >= 11 is 0. The second-order valence-corrected chi connectivity index (χ2v) is 17.5. The van der Waals surface area contributed by atoms with Crippen LogP contribution in [0.5, 0.6) is 0 Å². The third-order valence-electron chi connectivity index (χ3n) is 12.5. The van der Waals surface area contributed by atoms with E-state index in [9.17, 15) is 48.3 Å². The number of aromatic nitrogens is 1. The molecule has 7 atom stereocenters. The van der Waals surface area contributed by atoms with Gasteiger partial charge in [0.25, 0.3) is 0 Å². The number of aliphatic carboxylic acids is 1. The molecule has 8 amide bonds. The van der Waals surface area contributed by atoms with Gasteiger partial charge in [0.15, 0.2) is 0 Å². The molecule has 0 bridgehead atoms. The Bertz CT molecular complexity index is 2500. The van der Waals surface area contributed by atoms with Crippen LogP contribution in [0.15, 0.2) is 91.1 Å². The number of para-hydroxylation sites is 1. The van der Waals surface area contributed by atoms with Gasteiger partial charge in [-0.15, -0.1) is 0 Å². The summed E-state index contributed by atoms with van der Waals surface area (Å²) in [6.45, 7) is 0.486. The quantitative estimate of drug-likeness (QED) is 0.0479. The summed E-state index contributed by atoms with van der Waals surface area (Å²) in [4.78, 5) is 126. The van der Waals surface area contributed by atoms with Crippen molar-refractivity contribution in [3.05, 3.63) is 108 Å². The number of fused-ring (bicyclic) bond motifs is 1. The van der Waals surface area contributed by atoms with Crippen molar-refractivity contribution in [1.29, 1.82) is 0 Å². The minimum atomic E-state index is -1.47. The summed E-state index contributed by atoms with van der Waals surface area (Å²) in [5, 5.41) is 21.5. The first kappa shape index (κ1) is 50.8.